The number of rotatable bonds is 9. The van der Waals surface area contributed by atoms with Gasteiger partial charge in [0.2, 0.25) is 17.4 Å². The second-order valence-corrected chi connectivity index (χ2v) is 9.94. The maximum Gasteiger partial charge on any atom is 0.342 e. The topological polar surface area (TPSA) is 81.5 Å². The molecule has 0 spiro atoms. The lowest BCUT2D eigenvalue weighted by molar-refractivity contribution is -0.155. The molecular weight excluding hydrogens is 442 g/mol. The molecule has 6 nitrogen and oxygen atoms in total. The second kappa shape index (κ2) is 9.47. The summed E-state index contributed by atoms with van der Waals surface area (Å²) in [4.78, 5) is 19.9. The number of aliphatic carboxylic acids is 1. The van der Waals surface area contributed by atoms with Gasteiger partial charge in [0.25, 0.3) is 0 Å². The zero-order chi connectivity index (χ0) is 24.5. The summed E-state index contributed by atoms with van der Waals surface area (Å²) in [6.07, 6.45) is 7.81. The molecule has 184 valence electrons. The molecule has 2 fully saturated rings. The molecule has 2 aliphatic rings. The predicted molar refractivity (Wildman–Crippen MR) is 122 cm³/mol. The highest BCUT2D eigenvalue weighted by atomic mass is 19.1. The largest absolute Gasteiger partial charge is 0.481 e. The van der Waals surface area contributed by atoms with Gasteiger partial charge < -0.3 is 14.6 Å². The van der Waals surface area contributed by atoms with Crippen LogP contribution in [0.1, 0.15) is 69.4 Å². The van der Waals surface area contributed by atoms with Crippen LogP contribution in [0.15, 0.2) is 30.6 Å². The monoisotopic (exact) mass is 474 g/mol. The maximum atomic E-state index is 15.4. The first-order valence-corrected chi connectivity index (χ1v) is 11.9. The number of hydrogen-bond acceptors (Lipinski definition) is 5. The minimum Gasteiger partial charge on any atom is -0.481 e. The summed E-state index contributed by atoms with van der Waals surface area (Å²) in [7, 11) is 1.52. The average molecular weight is 475 g/mol. The van der Waals surface area contributed by atoms with E-state index in [0.29, 0.717) is 35.4 Å². The van der Waals surface area contributed by atoms with Gasteiger partial charge in [0.15, 0.2) is 0 Å². The lowest BCUT2D eigenvalue weighted by Gasteiger charge is -2.39. The van der Waals surface area contributed by atoms with Crippen molar-refractivity contribution < 1.29 is 28.2 Å². The number of methoxy groups -OCH3 is 1. The third-order valence-corrected chi connectivity index (χ3v) is 7.93. The normalized spacial score (nSPS) is 24.0. The van der Waals surface area contributed by atoms with E-state index in [1.807, 2.05) is 0 Å². The summed E-state index contributed by atoms with van der Waals surface area (Å²) in [5.41, 5.74) is -2.32. The van der Waals surface area contributed by atoms with E-state index in [0.717, 1.165) is 45.4 Å². The van der Waals surface area contributed by atoms with Crippen LogP contribution >= 0.6 is 0 Å². The molecular formula is C26H32F2N2O4. The molecule has 2 unspecified atom stereocenters. The van der Waals surface area contributed by atoms with Crippen LogP contribution in [0.5, 0.6) is 11.8 Å². The van der Waals surface area contributed by atoms with Crippen LogP contribution in [0.2, 0.25) is 0 Å². The molecule has 0 saturated heterocycles. The van der Waals surface area contributed by atoms with Crippen molar-refractivity contribution in [1.29, 1.82) is 0 Å². The van der Waals surface area contributed by atoms with Crippen molar-refractivity contribution in [2.24, 2.45) is 11.8 Å². The molecule has 1 N–H and O–H groups in total. The summed E-state index contributed by atoms with van der Waals surface area (Å²) < 4.78 is 40.8. The third kappa shape index (κ3) is 4.59. The van der Waals surface area contributed by atoms with Crippen molar-refractivity contribution in [3.63, 3.8) is 0 Å². The minimum absolute atomic E-state index is 0.0312. The smallest absolute Gasteiger partial charge is 0.342 e. The molecule has 2 heterocycles. The lowest BCUT2D eigenvalue weighted by atomic mass is 9.67. The Kier molecular flexibility index (Phi) is 6.78. The lowest BCUT2D eigenvalue weighted by Crippen LogP contribution is -2.51. The van der Waals surface area contributed by atoms with Crippen molar-refractivity contribution in [3.05, 3.63) is 47.5 Å². The fraction of sp³-hybridized carbons (Fsp3) is 0.577. The minimum atomic E-state index is -2.41. The van der Waals surface area contributed by atoms with Crippen LogP contribution in [0.4, 0.5) is 8.78 Å². The Morgan fingerprint density at radius 2 is 1.82 bits per heavy atom. The fourth-order valence-electron chi connectivity index (χ4n) is 5.29. The first-order valence-electron chi connectivity index (χ1n) is 11.9. The molecule has 8 heteroatoms. The second-order valence-electron chi connectivity index (χ2n) is 9.94. The number of aromatic nitrogens is 2. The van der Waals surface area contributed by atoms with Gasteiger partial charge in [-0.15, -0.1) is 0 Å². The molecule has 2 atom stereocenters. The standard InChI is InChI=1S/C26H32F2N2O4/c1-25(18-8-9-18,26(2,28)24(31)32)19-10-11-29-23(12-19)34-15-16-4-6-17(7-5-16)20-13-22(33-3)30-14-21(20)27/h10-14,16-18H,4-9,15H2,1-3H3,(H,31,32). The number of carboxylic acid groups (broad SMARTS) is 1. The van der Waals surface area contributed by atoms with Gasteiger partial charge in [0, 0.05) is 23.7 Å². The Balaban J connectivity index is 1.39. The summed E-state index contributed by atoms with van der Waals surface area (Å²) in [6, 6.07) is 5.05. The fourth-order valence-corrected chi connectivity index (χ4v) is 5.29. The number of ether oxygens (including phenoxy) is 2. The number of hydrogen-bond donors (Lipinski definition) is 1. The summed E-state index contributed by atoms with van der Waals surface area (Å²) in [6.45, 7) is 3.29. The summed E-state index contributed by atoms with van der Waals surface area (Å²) in [5.74, 6) is -0.587. The number of alkyl halides is 1. The number of carboxylic acids is 1. The van der Waals surface area contributed by atoms with E-state index in [9.17, 15) is 14.3 Å². The molecule has 0 aliphatic heterocycles. The first kappa shape index (κ1) is 24.4. The van der Waals surface area contributed by atoms with E-state index in [1.165, 1.54) is 13.3 Å². The summed E-state index contributed by atoms with van der Waals surface area (Å²) >= 11 is 0. The van der Waals surface area contributed by atoms with E-state index < -0.39 is 17.1 Å². The Hall–Kier alpha value is -2.77. The molecule has 2 saturated carbocycles. The zero-order valence-corrected chi connectivity index (χ0v) is 19.9. The summed E-state index contributed by atoms with van der Waals surface area (Å²) in [5, 5.41) is 9.55. The van der Waals surface area contributed by atoms with Crippen molar-refractivity contribution in [3.8, 4) is 11.8 Å². The van der Waals surface area contributed by atoms with Gasteiger partial charge in [0.1, 0.15) is 5.82 Å². The van der Waals surface area contributed by atoms with Gasteiger partial charge >= 0.3 is 5.97 Å². The third-order valence-electron chi connectivity index (χ3n) is 7.93. The quantitative estimate of drug-likeness (QED) is 0.520. The predicted octanol–water partition coefficient (Wildman–Crippen LogP) is 5.46. The molecule has 34 heavy (non-hydrogen) atoms. The van der Waals surface area contributed by atoms with E-state index in [4.69, 9.17) is 9.47 Å². The number of pyridine rings is 2. The van der Waals surface area contributed by atoms with Crippen molar-refractivity contribution >= 4 is 5.97 Å². The Labute approximate surface area is 198 Å². The van der Waals surface area contributed by atoms with Crippen LogP contribution in [-0.4, -0.2) is 40.4 Å². The van der Waals surface area contributed by atoms with Gasteiger partial charge in [-0.1, -0.05) is 6.92 Å². The average Bonchev–Trinajstić information content (AvgIpc) is 3.69. The Morgan fingerprint density at radius 3 is 2.44 bits per heavy atom. The zero-order valence-electron chi connectivity index (χ0n) is 19.9. The van der Waals surface area contributed by atoms with Crippen LogP contribution in [-0.2, 0) is 10.2 Å². The first-order chi connectivity index (χ1) is 16.2. The van der Waals surface area contributed by atoms with E-state index in [1.54, 1.807) is 31.3 Å². The van der Waals surface area contributed by atoms with Gasteiger partial charge in [-0.3, -0.25) is 0 Å². The highest BCUT2D eigenvalue weighted by molar-refractivity contribution is 5.79. The van der Waals surface area contributed by atoms with Crippen molar-refractivity contribution in [2.75, 3.05) is 13.7 Å². The maximum absolute atomic E-state index is 15.4. The highest BCUT2D eigenvalue weighted by Gasteiger charge is 2.59. The van der Waals surface area contributed by atoms with Gasteiger partial charge in [-0.25, -0.2) is 23.5 Å². The van der Waals surface area contributed by atoms with E-state index >= 15 is 4.39 Å². The van der Waals surface area contributed by atoms with Crippen LogP contribution in [0.25, 0.3) is 0 Å². The Morgan fingerprint density at radius 1 is 1.12 bits per heavy atom. The highest BCUT2D eigenvalue weighted by Crippen LogP contribution is 2.54. The number of carbonyl (C=O) groups is 1. The van der Waals surface area contributed by atoms with E-state index in [2.05, 4.69) is 9.97 Å². The molecule has 0 amide bonds. The van der Waals surface area contributed by atoms with E-state index in [-0.39, 0.29) is 17.7 Å². The van der Waals surface area contributed by atoms with Crippen LogP contribution in [0, 0.1) is 17.7 Å². The molecule has 2 aromatic rings. The SMILES string of the molecule is COc1cc(C2CCC(COc3cc(C(C)(C4CC4)C(C)(F)C(=O)O)ccn3)CC2)c(F)cn1. The molecule has 0 bridgehead atoms. The van der Waals surface area contributed by atoms with Gasteiger partial charge in [-0.2, -0.15) is 0 Å². The van der Waals surface area contributed by atoms with Crippen molar-refractivity contribution in [2.45, 2.75) is 69.4 Å². The van der Waals surface area contributed by atoms with Crippen LogP contribution < -0.4 is 9.47 Å². The van der Waals surface area contributed by atoms with Crippen LogP contribution in [0.3, 0.4) is 0 Å². The Bertz CT molecular complexity index is 1040. The molecule has 0 aromatic carbocycles. The molecule has 4 rings (SSSR count). The number of nitrogens with zero attached hydrogens (tertiary/aromatic N) is 2. The molecule has 0 radical (unpaired) electrons. The van der Waals surface area contributed by atoms with Crippen molar-refractivity contribution in [1.82, 2.24) is 9.97 Å². The molecule has 2 aliphatic carbocycles. The van der Waals surface area contributed by atoms with Gasteiger partial charge in [0.05, 0.1) is 19.9 Å². The number of halogens is 2. The molecule has 2 aromatic heterocycles. The van der Waals surface area contributed by atoms with Gasteiger partial charge in [-0.05, 0) is 80.4 Å².